The molecule has 8 heteroatoms. The van der Waals surface area contributed by atoms with Crippen LogP contribution in [0.1, 0.15) is 12.8 Å². The lowest BCUT2D eigenvalue weighted by Gasteiger charge is -2.12. The van der Waals surface area contributed by atoms with Crippen LogP contribution in [-0.2, 0) is 13.6 Å². The van der Waals surface area contributed by atoms with Crippen molar-refractivity contribution in [3.8, 4) is 0 Å². The highest BCUT2D eigenvalue weighted by molar-refractivity contribution is 6.17. The number of aryl methyl sites for hydroxylation is 2. The molecule has 0 bridgehead atoms. The first-order valence-corrected chi connectivity index (χ1v) is 6.94. The minimum Gasteiger partial charge on any atom is -0.305 e. The van der Waals surface area contributed by atoms with E-state index in [1.54, 1.807) is 0 Å². The molecule has 0 saturated carbocycles. The van der Waals surface area contributed by atoms with Gasteiger partial charge in [0, 0.05) is 31.6 Å². The number of fused-ring (bicyclic) bond motifs is 1. The van der Waals surface area contributed by atoms with Gasteiger partial charge in [-0.15, -0.1) is 11.6 Å². The number of hydrogen-bond donors (Lipinski definition) is 0. The first-order chi connectivity index (χ1) is 9.97. The summed E-state index contributed by atoms with van der Waals surface area (Å²) in [5.41, 5.74) is -0.590. The molecule has 0 unspecified atom stereocenters. The number of benzene rings is 1. The summed E-state index contributed by atoms with van der Waals surface area (Å²) >= 11 is 5.61. The second-order valence-electron chi connectivity index (χ2n) is 4.65. The fourth-order valence-corrected chi connectivity index (χ4v) is 2.38. The first-order valence-electron chi connectivity index (χ1n) is 6.41. The number of nitrogens with zero attached hydrogens (tertiary/aromatic N) is 3. The number of aromatic nitrogens is 2. The summed E-state index contributed by atoms with van der Waals surface area (Å²) in [6.07, 6.45) is 1.38. The zero-order valence-electron chi connectivity index (χ0n) is 11.4. The number of halogens is 1. The molecule has 7 nitrogen and oxygen atoms in total. The Morgan fingerprint density at radius 3 is 2.52 bits per heavy atom. The highest BCUT2D eigenvalue weighted by atomic mass is 35.5. The van der Waals surface area contributed by atoms with Gasteiger partial charge in [0.2, 0.25) is 0 Å². The van der Waals surface area contributed by atoms with Crippen molar-refractivity contribution in [1.82, 2.24) is 9.13 Å². The fourth-order valence-electron chi connectivity index (χ4n) is 2.19. The van der Waals surface area contributed by atoms with E-state index in [1.807, 2.05) is 0 Å². The van der Waals surface area contributed by atoms with E-state index < -0.39 is 16.0 Å². The number of nitro benzene ring substituents is 1. The van der Waals surface area contributed by atoms with E-state index in [4.69, 9.17) is 11.6 Å². The Hall–Kier alpha value is -2.15. The smallest absolute Gasteiger partial charge is 0.305 e. The molecule has 0 fully saturated rings. The van der Waals surface area contributed by atoms with Crippen molar-refractivity contribution in [1.29, 1.82) is 0 Å². The maximum atomic E-state index is 12.1. The second kappa shape index (κ2) is 6.09. The summed E-state index contributed by atoms with van der Waals surface area (Å²) in [5.74, 6) is 0.475. The van der Waals surface area contributed by atoms with E-state index >= 15 is 0 Å². The molecule has 0 aliphatic rings. The monoisotopic (exact) mass is 311 g/mol. The van der Waals surface area contributed by atoms with Crippen LogP contribution in [0.15, 0.2) is 27.8 Å². The standard InChI is InChI=1S/C13H14ClN3O4/c1-15-11-8-9(17(20)21)4-5-10(11)16(7-3-2-6-14)13(19)12(15)18/h4-5,8H,2-3,6-7H2,1H3. The molecule has 0 saturated heterocycles. The Bertz CT molecular complexity index is 809. The second-order valence-corrected chi connectivity index (χ2v) is 5.03. The van der Waals surface area contributed by atoms with Crippen LogP contribution < -0.4 is 11.1 Å². The van der Waals surface area contributed by atoms with Gasteiger partial charge in [0.25, 0.3) is 5.69 Å². The maximum Gasteiger partial charge on any atom is 0.316 e. The molecular formula is C13H14ClN3O4. The molecule has 0 aliphatic heterocycles. The number of alkyl halides is 1. The quantitative estimate of drug-likeness (QED) is 0.276. The van der Waals surface area contributed by atoms with Crippen molar-refractivity contribution in [2.24, 2.45) is 7.05 Å². The van der Waals surface area contributed by atoms with Gasteiger partial charge < -0.3 is 9.13 Å². The Balaban J connectivity index is 2.70. The van der Waals surface area contributed by atoms with Crippen LogP contribution in [0.4, 0.5) is 5.69 Å². The maximum absolute atomic E-state index is 12.1. The largest absolute Gasteiger partial charge is 0.316 e. The molecular weight excluding hydrogens is 298 g/mol. The van der Waals surface area contributed by atoms with Crippen molar-refractivity contribution in [2.45, 2.75) is 19.4 Å². The van der Waals surface area contributed by atoms with Gasteiger partial charge in [-0.05, 0) is 18.9 Å². The van der Waals surface area contributed by atoms with Gasteiger partial charge in [-0.25, -0.2) is 0 Å². The van der Waals surface area contributed by atoms with Crippen molar-refractivity contribution < 1.29 is 4.92 Å². The van der Waals surface area contributed by atoms with Gasteiger partial charge >= 0.3 is 11.1 Å². The fraction of sp³-hybridized carbons (Fsp3) is 0.385. The van der Waals surface area contributed by atoms with Gasteiger partial charge in [0.15, 0.2) is 0 Å². The Kier molecular flexibility index (Phi) is 4.42. The van der Waals surface area contributed by atoms with Crippen LogP contribution in [0.5, 0.6) is 0 Å². The van der Waals surface area contributed by atoms with E-state index in [2.05, 4.69) is 0 Å². The van der Waals surface area contributed by atoms with E-state index in [1.165, 1.54) is 29.8 Å². The molecule has 0 atom stereocenters. The summed E-state index contributed by atoms with van der Waals surface area (Å²) in [6.45, 7) is 0.357. The first kappa shape index (κ1) is 15.2. The number of hydrogen-bond acceptors (Lipinski definition) is 4. The van der Waals surface area contributed by atoms with Crippen molar-refractivity contribution in [2.75, 3.05) is 5.88 Å². The number of rotatable bonds is 5. The third kappa shape index (κ3) is 2.82. The normalized spacial score (nSPS) is 11.0. The van der Waals surface area contributed by atoms with Crippen molar-refractivity contribution in [3.63, 3.8) is 0 Å². The van der Waals surface area contributed by atoms with Crippen LogP contribution in [0.2, 0.25) is 0 Å². The number of nitro groups is 1. The third-order valence-corrected chi connectivity index (χ3v) is 3.59. The van der Waals surface area contributed by atoms with E-state index in [0.29, 0.717) is 29.9 Å². The van der Waals surface area contributed by atoms with Gasteiger partial charge in [0.05, 0.1) is 16.0 Å². The van der Waals surface area contributed by atoms with Gasteiger partial charge in [0.1, 0.15) is 0 Å². The zero-order valence-corrected chi connectivity index (χ0v) is 12.2. The number of unbranched alkanes of at least 4 members (excludes halogenated alkanes) is 1. The molecule has 0 radical (unpaired) electrons. The van der Waals surface area contributed by atoms with Crippen LogP contribution in [0.3, 0.4) is 0 Å². The Labute approximate surface area is 124 Å². The predicted octanol–water partition coefficient (Wildman–Crippen LogP) is 1.63. The molecule has 1 aromatic heterocycles. The SMILES string of the molecule is Cn1c(=O)c(=O)n(CCCCCl)c2ccc([N+](=O)[O-])cc21. The Morgan fingerprint density at radius 1 is 1.19 bits per heavy atom. The van der Waals surface area contributed by atoms with Crippen LogP contribution >= 0.6 is 11.6 Å². The number of non-ortho nitro benzene ring substituents is 1. The summed E-state index contributed by atoms with van der Waals surface area (Å²) in [4.78, 5) is 34.3. The summed E-state index contributed by atoms with van der Waals surface area (Å²) < 4.78 is 2.50. The lowest BCUT2D eigenvalue weighted by Crippen LogP contribution is -2.40. The van der Waals surface area contributed by atoms with Gasteiger partial charge in [-0.3, -0.25) is 19.7 Å². The average molecular weight is 312 g/mol. The Morgan fingerprint density at radius 2 is 1.90 bits per heavy atom. The van der Waals surface area contributed by atoms with Gasteiger partial charge in [-0.2, -0.15) is 0 Å². The van der Waals surface area contributed by atoms with Gasteiger partial charge in [-0.1, -0.05) is 0 Å². The summed E-state index contributed by atoms with van der Waals surface area (Å²) in [5, 5.41) is 10.8. The van der Waals surface area contributed by atoms with Crippen LogP contribution in [-0.4, -0.2) is 19.9 Å². The predicted molar refractivity (Wildman–Crippen MR) is 80.1 cm³/mol. The molecule has 0 aliphatic carbocycles. The molecule has 1 aromatic carbocycles. The zero-order chi connectivity index (χ0) is 15.6. The minimum atomic E-state index is -0.700. The average Bonchev–Trinajstić information content (AvgIpc) is 2.48. The van der Waals surface area contributed by atoms with E-state index in [-0.39, 0.29) is 5.69 Å². The molecule has 0 N–H and O–H groups in total. The highest BCUT2D eigenvalue weighted by Gasteiger charge is 2.14. The molecule has 2 aromatic rings. The van der Waals surface area contributed by atoms with Crippen molar-refractivity contribution in [3.05, 3.63) is 49.0 Å². The van der Waals surface area contributed by atoms with E-state index in [9.17, 15) is 19.7 Å². The molecule has 0 spiro atoms. The summed E-state index contributed by atoms with van der Waals surface area (Å²) in [7, 11) is 1.43. The summed E-state index contributed by atoms with van der Waals surface area (Å²) in [6, 6.07) is 4.12. The lowest BCUT2D eigenvalue weighted by molar-refractivity contribution is -0.384. The molecule has 2 rings (SSSR count). The highest BCUT2D eigenvalue weighted by Crippen LogP contribution is 2.18. The van der Waals surface area contributed by atoms with Crippen LogP contribution in [0.25, 0.3) is 11.0 Å². The minimum absolute atomic E-state index is 0.122. The molecule has 21 heavy (non-hydrogen) atoms. The third-order valence-electron chi connectivity index (χ3n) is 3.32. The van der Waals surface area contributed by atoms with Crippen LogP contribution in [0, 0.1) is 10.1 Å². The molecule has 0 amide bonds. The molecule has 1 heterocycles. The lowest BCUT2D eigenvalue weighted by atomic mass is 10.2. The molecule has 112 valence electrons. The van der Waals surface area contributed by atoms with Crippen molar-refractivity contribution >= 4 is 28.3 Å². The van der Waals surface area contributed by atoms with E-state index in [0.717, 1.165) is 11.0 Å². The topological polar surface area (TPSA) is 87.1 Å².